The van der Waals surface area contributed by atoms with Crippen molar-refractivity contribution in [1.82, 2.24) is 10.9 Å². The summed E-state index contributed by atoms with van der Waals surface area (Å²) >= 11 is 0. The number of allylic oxidation sites excluding steroid dienone is 1. The molecular weight excluding hydrogens is 124 g/mol. The maximum atomic E-state index is 3.19. The van der Waals surface area contributed by atoms with Crippen molar-refractivity contribution in [3.63, 3.8) is 0 Å². The molecule has 0 saturated carbocycles. The molecule has 0 fully saturated rings. The Morgan fingerprint density at radius 2 is 2.20 bits per heavy atom. The van der Waals surface area contributed by atoms with Gasteiger partial charge in [0.05, 0.1) is 5.54 Å². The van der Waals surface area contributed by atoms with Crippen LogP contribution in [0.3, 0.4) is 0 Å². The topological polar surface area (TPSA) is 24.1 Å². The predicted octanol–water partition coefficient (Wildman–Crippen LogP) is 1.56. The maximum Gasteiger partial charge on any atom is 0.0513 e. The number of hydrogen-bond acceptors (Lipinski definition) is 2. The quantitative estimate of drug-likeness (QED) is 0.608. The standard InChI is InChI=1S/C8H16N2/c1-4-5-7-6-8(2,3)10-9-7/h6,9-10H,4-5H2,1-3H3. The van der Waals surface area contributed by atoms with E-state index in [4.69, 9.17) is 0 Å². The van der Waals surface area contributed by atoms with Gasteiger partial charge < -0.3 is 5.43 Å². The largest absolute Gasteiger partial charge is 0.325 e. The van der Waals surface area contributed by atoms with Gasteiger partial charge in [-0.15, -0.1) is 0 Å². The van der Waals surface area contributed by atoms with E-state index in [1.54, 1.807) is 0 Å². The first-order valence-electron chi connectivity index (χ1n) is 3.89. The van der Waals surface area contributed by atoms with E-state index in [1.165, 1.54) is 12.1 Å². The third kappa shape index (κ3) is 1.74. The second kappa shape index (κ2) is 2.62. The van der Waals surface area contributed by atoms with Gasteiger partial charge in [0.2, 0.25) is 0 Å². The maximum absolute atomic E-state index is 3.19. The fourth-order valence-corrected chi connectivity index (χ4v) is 1.15. The van der Waals surface area contributed by atoms with Crippen LogP contribution in [0, 0.1) is 0 Å². The van der Waals surface area contributed by atoms with Crippen molar-refractivity contribution in [2.75, 3.05) is 0 Å². The summed E-state index contributed by atoms with van der Waals surface area (Å²) in [4.78, 5) is 0. The molecule has 0 atom stereocenters. The Labute approximate surface area is 62.7 Å². The van der Waals surface area contributed by atoms with Crippen LogP contribution in [0.4, 0.5) is 0 Å². The number of hydrogen-bond donors (Lipinski definition) is 2. The number of hydrazine groups is 1. The summed E-state index contributed by atoms with van der Waals surface area (Å²) in [6.07, 6.45) is 4.60. The normalized spacial score (nSPS) is 22.1. The Morgan fingerprint density at radius 3 is 2.60 bits per heavy atom. The van der Waals surface area contributed by atoms with Crippen molar-refractivity contribution in [1.29, 1.82) is 0 Å². The van der Waals surface area contributed by atoms with Crippen LogP contribution in [0.15, 0.2) is 11.8 Å². The summed E-state index contributed by atoms with van der Waals surface area (Å²) in [5.41, 5.74) is 7.82. The summed E-state index contributed by atoms with van der Waals surface area (Å²) < 4.78 is 0. The van der Waals surface area contributed by atoms with Crippen LogP contribution in [0.2, 0.25) is 0 Å². The number of nitrogens with one attached hydrogen (secondary N) is 2. The smallest absolute Gasteiger partial charge is 0.0513 e. The van der Waals surface area contributed by atoms with Crippen LogP contribution < -0.4 is 10.9 Å². The first-order chi connectivity index (χ1) is 4.64. The van der Waals surface area contributed by atoms with E-state index in [1.807, 2.05) is 0 Å². The van der Waals surface area contributed by atoms with Gasteiger partial charge in [0.25, 0.3) is 0 Å². The molecule has 0 aromatic rings. The minimum atomic E-state index is 0.143. The van der Waals surface area contributed by atoms with Gasteiger partial charge in [-0.3, -0.25) is 0 Å². The minimum absolute atomic E-state index is 0.143. The van der Waals surface area contributed by atoms with Gasteiger partial charge in [0.15, 0.2) is 0 Å². The zero-order chi connectivity index (χ0) is 7.61. The molecule has 0 spiro atoms. The van der Waals surface area contributed by atoms with Crippen molar-refractivity contribution < 1.29 is 0 Å². The van der Waals surface area contributed by atoms with Crippen LogP contribution in [0.5, 0.6) is 0 Å². The van der Waals surface area contributed by atoms with E-state index in [0.717, 1.165) is 6.42 Å². The molecule has 2 nitrogen and oxygen atoms in total. The highest BCUT2D eigenvalue weighted by atomic mass is 15.4. The Morgan fingerprint density at radius 1 is 1.50 bits per heavy atom. The van der Waals surface area contributed by atoms with E-state index >= 15 is 0 Å². The summed E-state index contributed by atoms with van der Waals surface area (Å²) in [5, 5.41) is 0. The Bertz CT molecular complexity index is 147. The molecule has 58 valence electrons. The second-order valence-corrected chi connectivity index (χ2v) is 3.39. The van der Waals surface area contributed by atoms with Gasteiger partial charge in [-0.05, 0) is 26.3 Å². The van der Waals surface area contributed by atoms with Crippen LogP contribution in [0.25, 0.3) is 0 Å². The van der Waals surface area contributed by atoms with Crippen molar-refractivity contribution in [3.8, 4) is 0 Å². The third-order valence-electron chi connectivity index (χ3n) is 1.60. The predicted molar refractivity (Wildman–Crippen MR) is 43.3 cm³/mol. The molecule has 0 unspecified atom stereocenters. The van der Waals surface area contributed by atoms with Gasteiger partial charge in [0, 0.05) is 5.70 Å². The first kappa shape index (κ1) is 7.61. The van der Waals surface area contributed by atoms with Gasteiger partial charge >= 0.3 is 0 Å². The molecule has 1 aliphatic rings. The molecular formula is C8H16N2. The van der Waals surface area contributed by atoms with Gasteiger partial charge in [-0.1, -0.05) is 13.3 Å². The van der Waals surface area contributed by atoms with E-state index in [2.05, 4.69) is 37.7 Å². The molecule has 0 aliphatic carbocycles. The van der Waals surface area contributed by atoms with Crippen molar-refractivity contribution in [2.24, 2.45) is 0 Å². The molecule has 1 aliphatic heterocycles. The van der Waals surface area contributed by atoms with Crippen LogP contribution in [-0.2, 0) is 0 Å². The average molecular weight is 140 g/mol. The Kier molecular flexibility index (Phi) is 2.00. The minimum Gasteiger partial charge on any atom is -0.325 e. The molecule has 1 rings (SSSR count). The van der Waals surface area contributed by atoms with Gasteiger partial charge in [-0.25, -0.2) is 5.43 Å². The fourth-order valence-electron chi connectivity index (χ4n) is 1.15. The molecule has 2 N–H and O–H groups in total. The molecule has 1 heterocycles. The fraction of sp³-hybridized carbons (Fsp3) is 0.750. The van der Waals surface area contributed by atoms with Crippen LogP contribution >= 0.6 is 0 Å². The summed E-state index contributed by atoms with van der Waals surface area (Å²) in [5.74, 6) is 0. The molecule has 10 heavy (non-hydrogen) atoms. The monoisotopic (exact) mass is 140 g/mol. The summed E-state index contributed by atoms with van der Waals surface area (Å²) in [6, 6.07) is 0. The molecule has 2 heteroatoms. The Hall–Kier alpha value is -0.500. The van der Waals surface area contributed by atoms with Gasteiger partial charge in [-0.2, -0.15) is 0 Å². The van der Waals surface area contributed by atoms with E-state index in [9.17, 15) is 0 Å². The molecule has 0 radical (unpaired) electrons. The molecule has 0 amide bonds. The zero-order valence-electron chi connectivity index (χ0n) is 6.99. The lowest BCUT2D eigenvalue weighted by Gasteiger charge is -2.13. The highest BCUT2D eigenvalue weighted by molar-refractivity contribution is 5.14. The summed E-state index contributed by atoms with van der Waals surface area (Å²) in [7, 11) is 0. The molecule has 0 aromatic carbocycles. The molecule has 0 saturated heterocycles. The molecule has 0 bridgehead atoms. The highest BCUT2D eigenvalue weighted by Gasteiger charge is 2.20. The van der Waals surface area contributed by atoms with Crippen molar-refractivity contribution in [2.45, 2.75) is 39.2 Å². The van der Waals surface area contributed by atoms with Crippen LogP contribution in [-0.4, -0.2) is 5.54 Å². The first-order valence-corrected chi connectivity index (χ1v) is 3.89. The van der Waals surface area contributed by atoms with Gasteiger partial charge in [0.1, 0.15) is 0 Å². The van der Waals surface area contributed by atoms with Crippen molar-refractivity contribution in [3.05, 3.63) is 11.8 Å². The lowest BCUT2D eigenvalue weighted by atomic mass is 10.1. The summed E-state index contributed by atoms with van der Waals surface area (Å²) in [6.45, 7) is 6.50. The van der Waals surface area contributed by atoms with Crippen molar-refractivity contribution >= 4 is 0 Å². The number of rotatable bonds is 2. The van der Waals surface area contributed by atoms with E-state index < -0.39 is 0 Å². The Balaban J connectivity index is 2.49. The zero-order valence-corrected chi connectivity index (χ0v) is 6.99. The van der Waals surface area contributed by atoms with E-state index in [-0.39, 0.29) is 5.54 Å². The lowest BCUT2D eigenvalue weighted by molar-refractivity contribution is 0.466. The van der Waals surface area contributed by atoms with Crippen LogP contribution in [0.1, 0.15) is 33.6 Å². The molecule has 0 aromatic heterocycles. The lowest BCUT2D eigenvalue weighted by Crippen LogP contribution is -2.39. The highest BCUT2D eigenvalue weighted by Crippen LogP contribution is 2.14. The van der Waals surface area contributed by atoms with E-state index in [0.29, 0.717) is 0 Å². The SMILES string of the molecule is CCCC1=CC(C)(C)NN1. The second-order valence-electron chi connectivity index (χ2n) is 3.39. The average Bonchev–Trinajstić information content (AvgIpc) is 2.12. The third-order valence-corrected chi connectivity index (χ3v) is 1.60.